The zero-order valence-corrected chi connectivity index (χ0v) is 16.9. The quantitative estimate of drug-likeness (QED) is 0.674. The normalized spacial score (nSPS) is 17.6. The number of imidazole rings is 1. The highest BCUT2D eigenvalue weighted by Gasteiger charge is 2.29. The van der Waals surface area contributed by atoms with Gasteiger partial charge in [0, 0.05) is 30.8 Å². The van der Waals surface area contributed by atoms with Crippen molar-refractivity contribution in [2.45, 2.75) is 39.2 Å². The number of nitrogens with zero attached hydrogens (tertiary/aromatic N) is 3. The molecule has 1 aliphatic heterocycles. The van der Waals surface area contributed by atoms with Crippen LogP contribution in [0.5, 0.6) is 0 Å². The smallest absolute Gasteiger partial charge is 0.272 e. The van der Waals surface area contributed by atoms with Gasteiger partial charge in [-0.05, 0) is 44.7 Å². The Morgan fingerprint density at radius 2 is 2.19 bits per heavy atom. The number of carbonyl (C=O) groups is 1. The Balaban J connectivity index is 1.69. The van der Waals surface area contributed by atoms with Crippen molar-refractivity contribution in [2.24, 2.45) is 0 Å². The van der Waals surface area contributed by atoms with Gasteiger partial charge in [-0.3, -0.25) is 9.20 Å². The van der Waals surface area contributed by atoms with Crippen molar-refractivity contribution in [3.63, 3.8) is 0 Å². The van der Waals surface area contributed by atoms with Crippen LogP contribution >= 0.6 is 11.3 Å². The number of methoxy groups -OCH3 is 1. The molecule has 1 fully saturated rings. The lowest BCUT2D eigenvalue weighted by molar-refractivity contribution is 0.0422. The minimum atomic E-state index is 0.0768. The Morgan fingerprint density at radius 3 is 3.00 bits per heavy atom. The van der Waals surface area contributed by atoms with Crippen LogP contribution in [0.15, 0.2) is 29.8 Å². The van der Waals surface area contributed by atoms with Crippen LogP contribution in [0.1, 0.15) is 40.9 Å². The van der Waals surface area contributed by atoms with Crippen molar-refractivity contribution in [3.8, 4) is 11.3 Å². The lowest BCUT2D eigenvalue weighted by atomic mass is 10.0. The number of aromatic nitrogens is 2. The Bertz CT molecular complexity index is 973. The Morgan fingerprint density at radius 1 is 1.33 bits per heavy atom. The van der Waals surface area contributed by atoms with Crippen molar-refractivity contribution in [1.82, 2.24) is 14.3 Å². The summed E-state index contributed by atoms with van der Waals surface area (Å²) in [5.41, 5.74) is 5.14. The summed E-state index contributed by atoms with van der Waals surface area (Å²) in [5.74, 6) is 0.0768. The number of fused-ring (bicyclic) bond motifs is 1. The first kappa shape index (κ1) is 18.2. The first-order valence-electron chi connectivity index (χ1n) is 9.42. The first-order chi connectivity index (χ1) is 13.1. The van der Waals surface area contributed by atoms with Gasteiger partial charge in [0.15, 0.2) is 4.96 Å². The van der Waals surface area contributed by atoms with Gasteiger partial charge in [0.05, 0.1) is 18.3 Å². The molecular weight excluding hydrogens is 358 g/mol. The highest BCUT2D eigenvalue weighted by atomic mass is 32.1. The van der Waals surface area contributed by atoms with Crippen LogP contribution in [0.2, 0.25) is 0 Å². The number of ether oxygens (including phenoxy) is 1. The Hall–Kier alpha value is -2.18. The number of piperidine rings is 1. The topological polar surface area (TPSA) is 46.8 Å². The molecule has 2 aromatic heterocycles. The molecule has 0 spiro atoms. The van der Waals surface area contributed by atoms with Gasteiger partial charge in [-0.25, -0.2) is 4.98 Å². The van der Waals surface area contributed by atoms with E-state index in [0.29, 0.717) is 12.3 Å². The van der Waals surface area contributed by atoms with Gasteiger partial charge >= 0.3 is 0 Å². The third kappa shape index (κ3) is 3.39. The number of aryl methyl sites for hydroxylation is 2. The highest BCUT2D eigenvalue weighted by molar-refractivity contribution is 7.15. The van der Waals surface area contributed by atoms with Gasteiger partial charge in [-0.2, -0.15) is 0 Å². The zero-order chi connectivity index (χ0) is 19.0. The molecule has 0 N–H and O–H groups in total. The largest absolute Gasteiger partial charge is 0.383 e. The molecule has 5 nitrogen and oxygen atoms in total. The molecular formula is C21H25N3O2S. The first-order valence-corrected chi connectivity index (χ1v) is 10.3. The van der Waals surface area contributed by atoms with Gasteiger partial charge in [-0.15, -0.1) is 11.3 Å². The number of carbonyl (C=O) groups excluding carboxylic acids is 1. The molecule has 1 aliphatic rings. The van der Waals surface area contributed by atoms with Crippen LogP contribution in [0.3, 0.4) is 0 Å². The molecule has 4 rings (SSSR count). The molecule has 1 aromatic carbocycles. The number of likely N-dealkylation sites (tertiary alicyclic amines) is 1. The molecule has 0 unspecified atom stereocenters. The average Bonchev–Trinajstić information content (AvgIpc) is 3.24. The van der Waals surface area contributed by atoms with Crippen LogP contribution < -0.4 is 0 Å². The minimum absolute atomic E-state index is 0.0768. The summed E-state index contributed by atoms with van der Waals surface area (Å²) in [5, 5.41) is 1.93. The number of benzene rings is 1. The minimum Gasteiger partial charge on any atom is -0.383 e. The van der Waals surface area contributed by atoms with Crippen LogP contribution in [-0.4, -0.2) is 46.5 Å². The summed E-state index contributed by atoms with van der Waals surface area (Å²) in [7, 11) is 1.70. The van der Waals surface area contributed by atoms with E-state index in [2.05, 4.69) is 32.0 Å². The van der Waals surface area contributed by atoms with Crippen molar-refractivity contribution in [1.29, 1.82) is 0 Å². The second-order valence-electron chi connectivity index (χ2n) is 7.32. The highest BCUT2D eigenvalue weighted by Crippen LogP contribution is 2.28. The lowest BCUT2D eigenvalue weighted by Crippen LogP contribution is -2.46. The van der Waals surface area contributed by atoms with E-state index in [1.807, 2.05) is 20.9 Å². The standard InChI is InChI=1S/C21H25N3O2S/c1-14-7-8-15(2)17(10-14)18-11-24-19(13-27-21(24)22-18)20(25)23-9-5-4-6-16(23)12-26-3/h7-8,10-11,13,16H,4-6,9,12H2,1-3H3/t16-/m1/s1. The molecule has 1 amide bonds. The maximum Gasteiger partial charge on any atom is 0.272 e. The Labute approximate surface area is 163 Å². The number of amides is 1. The molecule has 0 bridgehead atoms. The summed E-state index contributed by atoms with van der Waals surface area (Å²) in [4.78, 5) is 20.9. The second-order valence-corrected chi connectivity index (χ2v) is 8.16. The molecule has 1 atom stereocenters. The summed E-state index contributed by atoms with van der Waals surface area (Å²) >= 11 is 1.52. The fourth-order valence-corrected chi connectivity index (χ4v) is 4.71. The van der Waals surface area contributed by atoms with E-state index >= 15 is 0 Å². The van der Waals surface area contributed by atoms with E-state index in [0.717, 1.165) is 42.0 Å². The number of rotatable bonds is 4. The summed E-state index contributed by atoms with van der Waals surface area (Å²) in [6.45, 7) is 5.57. The SMILES string of the molecule is COC[C@H]1CCCCN1C(=O)c1csc2nc(-c3cc(C)ccc3C)cn12. The average molecular weight is 384 g/mol. The number of thiazole rings is 1. The number of hydrogen-bond donors (Lipinski definition) is 0. The van der Waals surface area contributed by atoms with Crippen molar-refractivity contribution >= 4 is 22.2 Å². The molecule has 0 radical (unpaired) electrons. The maximum atomic E-state index is 13.3. The predicted molar refractivity (Wildman–Crippen MR) is 109 cm³/mol. The van der Waals surface area contributed by atoms with E-state index in [1.54, 1.807) is 7.11 Å². The lowest BCUT2D eigenvalue weighted by Gasteiger charge is -2.35. The number of hydrogen-bond acceptors (Lipinski definition) is 4. The monoisotopic (exact) mass is 383 g/mol. The van der Waals surface area contributed by atoms with Gasteiger partial charge in [0.2, 0.25) is 0 Å². The summed E-state index contributed by atoms with van der Waals surface area (Å²) in [6.07, 6.45) is 5.20. The molecule has 6 heteroatoms. The van der Waals surface area contributed by atoms with Gasteiger partial charge in [0.25, 0.3) is 5.91 Å². The van der Waals surface area contributed by atoms with Gasteiger partial charge in [0.1, 0.15) is 5.69 Å². The van der Waals surface area contributed by atoms with Crippen LogP contribution in [0.4, 0.5) is 0 Å². The van der Waals surface area contributed by atoms with E-state index in [9.17, 15) is 4.79 Å². The molecule has 0 saturated carbocycles. The van der Waals surface area contributed by atoms with E-state index in [1.165, 1.54) is 22.5 Å². The fourth-order valence-electron chi connectivity index (χ4n) is 3.86. The molecule has 3 aromatic rings. The van der Waals surface area contributed by atoms with Crippen molar-refractivity contribution in [2.75, 3.05) is 20.3 Å². The van der Waals surface area contributed by atoms with Crippen LogP contribution in [0.25, 0.3) is 16.2 Å². The van der Waals surface area contributed by atoms with E-state index in [-0.39, 0.29) is 11.9 Å². The zero-order valence-electron chi connectivity index (χ0n) is 16.1. The third-order valence-electron chi connectivity index (χ3n) is 5.34. The van der Waals surface area contributed by atoms with E-state index < -0.39 is 0 Å². The summed E-state index contributed by atoms with van der Waals surface area (Å²) in [6, 6.07) is 6.54. The molecule has 27 heavy (non-hydrogen) atoms. The summed E-state index contributed by atoms with van der Waals surface area (Å²) < 4.78 is 7.29. The van der Waals surface area contributed by atoms with Crippen LogP contribution in [0, 0.1) is 13.8 Å². The predicted octanol–water partition coefficient (Wildman–Crippen LogP) is 4.32. The van der Waals surface area contributed by atoms with Crippen molar-refractivity contribution in [3.05, 3.63) is 46.6 Å². The molecule has 1 saturated heterocycles. The third-order valence-corrected chi connectivity index (χ3v) is 6.18. The molecule has 0 aliphatic carbocycles. The maximum absolute atomic E-state index is 13.3. The van der Waals surface area contributed by atoms with Gasteiger partial charge in [-0.1, -0.05) is 17.7 Å². The van der Waals surface area contributed by atoms with Crippen molar-refractivity contribution < 1.29 is 9.53 Å². The Kier molecular flexibility index (Phi) is 5.02. The van der Waals surface area contributed by atoms with E-state index in [4.69, 9.17) is 9.72 Å². The molecule has 3 heterocycles. The second kappa shape index (κ2) is 7.44. The fraction of sp³-hybridized carbons (Fsp3) is 0.429. The molecule has 142 valence electrons. The van der Waals surface area contributed by atoms with Crippen LogP contribution in [-0.2, 0) is 4.74 Å². The van der Waals surface area contributed by atoms with Gasteiger partial charge < -0.3 is 9.64 Å².